The molecule has 2 fully saturated rings. The summed E-state index contributed by atoms with van der Waals surface area (Å²) in [6.07, 6.45) is -13.2. The second-order valence-electron chi connectivity index (χ2n) is 5.99. The van der Waals surface area contributed by atoms with Gasteiger partial charge in [0.25, 0.3) is 0 Å². The fraction of sp³-hybridized carbons (Fsp3) is 0.923. The van der Waals surface area contributed by atoms with E-state index in [1.54, 1.807) is 0 Å². The summed E-state index contributed by atoms with van der Waals surface area (Å²) < 4.78 is 15.3. The zero-order valence-corrected chi connectivity index (χ0v) is 12.8. The molecule has 0 aliphatic carbocycles. The van der Waals surface area contributed by atoms with Crippen molar-refractivity contribution in [1.29, 1.82) is 0 Å². The Bertz CT molecular complexity index is 459. The minimum atomic E-state index is -2.33. The van der Waals surface area contributed by atoms with E-state index in [1.165, 1.54) is 6.92 Å². The van der Waals surface area contributed by atoms with Crippen molar-refractivity contribution in [3.63, 3.8) is 0 Å². The maximum Gasteiger partial charge on any atom is 0.335 e. The summed E-state index contributed by atoms with van der Waals surface area (Å²) in [5, 5.41) is 68.0. The van der Waals surface area contributed by atoms with Crippen LogP contribution in [0.2, 0.25) is 0 Å². The molecule has 2 heterocycles. The van der Waals surface area contributed by atoms with Gasteiger partial charge < -0.3 is 50.0 Å². The van der Waals surface area contributed by atoms with Crippen molar-refractivity contribution < 1.29 is 54.8 Å². The molecule has 0 amide bonds. The van der Waals surface area contributed by atoms with Crippen molar-refractivity contribution >= 4 is 5.97 Å². The van der Waals surface area contributed by atoms with E-state index in [-0.39, 0.29) is 0 Å². The first kappa shape index (κ1) is 19.4. The molecule has 0 bridgehead atoms. The van der Waals surface area contributed by atoms with Gasteiger partial charge in [0.15, 0.2) is 18.2 Å². The summed E-state index contributed by atoms with van der Waals surface area (Å²) in [5.41, 5.74) is 0. The van der Waals surface area contributed by atoms with E-state index < -0.39 is 73.8 Å². The monoisotopic (exact) mass is 354 g/mol. The molecule has 0 aromatic heterocycles. The molecule has 0 spiro atoms. The van der Waals surface area contributed by atoms with Crippen LogP contribution in [-0.2, 0) is 19.0 Å². The molecule has 7 N–H and O–H groups in total. The Morgan fingerprint density at radius 3 is 2.33 bits per heavy atom. The van der Waals surface area contributed by atoms with Gasteiger partial charge in [0.1, 0.15) is 24.4 Å². The average Bonchev–Trinajstić information content (AvgIpc) is 2.52. The highest BCUT2D eigenvalue weighted by Crippen LogP contribution is 2.34. The molecular weight excluding hydrogens is 332 g/mol. The second-order valence-corrected chi connectivity index (χ2v) is 5.99. The lowest BCUT2D eigenvalue weighted by Gasteiger charge is -2.47. The first-order valence-electron chi connectivity index (χ1n) is 7.37. The summed E-state index contributed by atoms with van der Waals surface area (Å²) in [6.45, 7) is 0.938. The van der Waals surface area contributed by atoms with E-state index in [0.717, 1.165) is 0 Å². The van der Waals surface area contributed by atoms with E-state index in [4.69, 9.17) is 19.3 Å². The first-order chi connectivity index (χ1) is 11.1. The number of hydrogen-bond donors (Lipinski definition) is 7. The molecule has 140 valence electrons. The molecule has 2 rings (SSSR count). The maximum atomic E-state index is 11.1. The van der Waals surface area contributed by atoms with Crippen molar-refractivity contribution in [2.24, 2.45) is 0 Å². The molecule has 4 unspecified atom stereocenters. The lowest BCUT2D eigenvalue weighted by molar-refractivity contribution is -0.397. The number of carboxylic acids is 1. The number of carboxylic acid groups (broad SMARTS) is 1. The number of rotatable bonds is 4. The quantitative estimate of drug-likeness (QED) is 0.245. The maximum absolute atomic E-state index is 11.1. The van der Waals surface area contributed by atoms with Crippen LogP contribution in [-0.4, -0.2) is 103 Å². The van der Waals surface area contributed by atoms with E-state index in [1.807, 2.05) is 0 Å². The van der Waals surface area contributed by atoms with Crippen LogP contribution < -0.4 is 0 Å². The van der Waals surface area contributed by atoms with Gasteiger partial charge in [-0.25, -0.2) is 4.79 Å². The van der Waals surface area contributed by atoms with Crippen LogP contribution in [0.3, 0.4) is 0 Å². The summed E-state index contributed by atoms with van der Waals surface area (Å²) in [4.78, 5) is 11.1. The smallest absolute Gasteiger partial charge is 0.335 e. The van der Waals surface area contributed by atoms with Gasteiger partial charge in [0.05, 0.1) is 18.8 Å². The third kappa shape index (κ3) is 3.54. The molecule has 24 heavy (non-hydrogen) atoms. The van der Waals surface area contributed by atoms with Gasteiger partial charge in [-0.05, 0) is 6.92 Å². The fourth-order valence-corrected chi connectivity index (χ4v) is 2.82. The van der Waals surface area contributed by atoms with Crippen molar-refractivity contribution in [1.82, 2.24) is 0 Å². The van der Waals surface area contributed by atoms with Gasteiger partial charge in [-0.15, -0.1) is 0 Å². The highest BCUT2D eigenvalue weighted by molar-refractivity contribution is 5.73. The topological polar surface area (TPSA) is 186 Å². The van der Waals surface area contributed by atoms with E-state index in [0.29, 0.717) is 0 Å². The Morgan fingerprint density at radius 1 is 1.17 bits per heavy atom. The highest BCUT2D eigenvalue weighted by Gasteiger charge is 2.54. The zero-order chi connectivity index (χ0) is 18.2. The molecule has 0 aromatic carbocycles. The van der Waals surface area contributed by atoms with E-state index in [2.05, 4.69) is 0 Å². The van der Waals surface area contributed by atoms with Crippen LogP contribution in [0.15, 0.2) is 0 Å². The van der Waals surface area contributed by atoms with Gasteiger partial charge in [0, 0.05) is 6.42 Å². The molecule has 0 aromatic rings. The molecule has 2 aliphatic rings. The van der Waals surface area contributed by atoms with Gasteiger partial charge in [-0.1, -0.05) is 0 Å². The molecule has 9 atom stereocenters. The van der Waals surface area contributed by atoms with Crippen molar-refractivity contribution in [2.75, 3.05) is 6.61 Å². The Kier molecular flexibility index (Phi) is 5.79. The third-order valence-corrected chi connectivity index (χ3v) is 4.17. The minimum absolute atomic E-state index is 0.391. The van der Waals surface area contributed by atoms with Gasteiger partial charge in [0.2, 0.25) is 0 Å². The van der Waals surface area contributed by atoms with Crippen molar-refractivity contribution in [3.8, 4) is 0 Å². The lowest BCUT2D eigenvalue weighted by Crippen LogP contribution is -2.65. The average molecular weight is 354 g/mol. The number of hydrogen-bond acceptors (Lipinski definition) is 10. The Balaban J connectivity index is 2.19. The number of carbonyl (C=O) groups is 1. The van der Waals surface area contributed by atoms with Crippen LogP contribution in [0.4, 0.5) is 0 Å². The minimum Gasteiger partial charge on any atom is -0.479 e. The highest BCUT2D eigenvalue weighted by atomic mass is 16.8. The van der Waals surface area contributed by atoms with Crippen molar-refractivity contribution in [2.45, 2.75) is 68.1 Å². The molecule has 2 aliphatic heterocycles. The van der Waals surface area contributed by atoms with E-state index in [9.17, 15) is 35.4 Å². The SMILES string of the molecule is C[C@H]1OC(CO)C[C@](O)(O[C@@H]2OC(C(=O)O)[C@@H](O)[C@@H](O)C2O)C1O. The normalized spacial score (nSPS) is 49.8. The van der Waals surface area contributed by atoms with Gasteiger partial charge >= 0.3 is 5.97 Å². The molecule has 11 heteroatoms. The predicted octanol–water partition coefficient (Wildman–Crippen LogP) is -3.89. The lowest BCUT2D eigenvalue weighted by atomic mass is 9.94. The van der Waals surface area contributed by atoms with Gasteiger partial charge in [-0.2, -0.15) is 0 Å². The summed E-state index contributed by atoms with van der Waals surface area (Å²) >= 11 is 0. The van der Waals surface area contributed by atoms with Crippen LogP contribution in [0, 0.1) is 0 Å². The fourth-order valence-electron chi connectivity index (χ4n) is 2.82. The standard InChI is InChI=1S/C13H22O11/c1-4-10(18)13(21,2-5(3-14)22-4)24-12-8(17)6(15)7(16)9(23-12)11(19)20/h4-10,12,14-18,21H,2-3H2,1H3,(H,19,20)/t4-,5?,6-,7+,8?,9?,10?,12+,13+/m1/s1. The number of aliphatic hydroxyl groups excluding tert-OH is 5. The van der Waals surface area contributed by atoms with Crippen LogP contribution in [0.5, 0.6) is 0 Å². The Labute approximate surface area is 136 Å². The largest absolute Gasteiger partial charge is 0.479 e. The number of aliphatic carboxylic acids is 1. The molecule has 0 radical (unpaired) electrons. The predicted molar refractivity (Wildman–Crippen MR) is 72.4 cm³/mol. The first-order valence-corrected chi connectivity index (χ1v) is 7.37. The number of aliphatic hydroxyl groups is 6. The third-order valence-electron chi connectivity index (χ3n) is 4.17. The molecular formula is C13H22O11. The molecule has 2 saturated heterocycles. The Morgan fingerprint density at radius 2 is 1.79 bits per heavy atom. The second kappa shape index (κ2) is 7.15. The van der Waals surface area contributed by atoms with Crippen molar-refractivity contribution in [3.05, 3.63) is 0 Å². The zero-order valence-electron chi connectivity index (χ0n) is 12.8. The Hall–Kier alpha value is -0.890. The van der Waals surface area contributed by atoms with Crippen LogP contribution in [0.25, 0.3) is 0 Å². The van der Waals surface area contributed by atoms with E-state index >= 15 is 0 Å². The summed E-state index contributed by atoms with van der Waals surface area (Å²) in [7, 11) is 0. The molecule has 11 nitrogen and oxygen atoms in total. The summed E-state index contributed by atoms with van der Waals surface area (Å²) in [6, 6.07) is 0. The summed E-state index contributed by atoms with van der Waals surface area (Å²) in [5.74, 6) is -3.94. The number of ether oxygens (including phenoxy) is 3. The van der Waals surface area contributed by atoms with Crippen LogP contribution in [0.1, 0.15) is 13.3 Å². The van der Waals surface area contributed by atoms with Crippen LogP contribution >= 0.6 is 0 Å². The molecule has 0 saturated carbocycles. The van der Waals surface area contributed by atoms with Gasteiger partial charge in [-0.3, -0.25) is 0 Å².